The number of ether oxygens (including phenoxy) is 1. The van der Waals surface area contributed by atoms with Gasteiger partial charge in [0.25, 0.3) is 0 Å². The van der Waals surface area contributed by atoms with Gasteiger partial charge in [-0.15, -0.1) is 0 Å². The van der Waals surface area contributed by atoms with Crippen LogP contribution in [0.3, 0.4) is 0 Å². The summed E-state index contributed by atoms with van der Waals surface area (Å²) < 4.78 is 45.3. The van der Waals surface area contributed by atoms with Crippen molar-refractivity contribution in [2.24, 2.45) is 0 Å². The Bertz CT molecular complexity index is 617. The van der Waals surface area contributed by atoms with E-state index in [1.54, 1.807) is 31.4 Å². The molecule has 0 saturated carbocycles. The summed E-state index contributed by atoms with van der Waals surface area (Å²) in [5.41, 5.74) is 1.18. The van der Waals surface area contributed by atoms with Crippen LogP contribution in [0.4, 0.5) is 13.2 Å². The molecule has 6 heteroatoms. The first-order valence-electron chi connectivity index (χ1n) is 6.21. The first-order valence-corrected chi connectivity index (χ1v) is 6.21. The Hall–Kier alpha value is -1.98. The van der Waals surface area contributed by atoms with Gasteiger partial charge in [0.05, 0.1) is 23.6 Å². The van der Waals surface area contributed by atoms with Gasteiger partial charge in [-0.1, -0.05) is 6.07 Å². The van der Waals surface area contributed by atoms with E-state index in [1.165, 1.54) is 6.07 Å². The molecule has 2 aromatic rings. The van der Waals surface area contributed by atoms with E-state index >= 15 is 0 Å². The standard InChI is InChI=1S/C14H15F3N2O/c1-4-20-13-18-9(2)10(3)19(13)12-7-5-6-11(8-12)14(15,16)17/h5-8H,4H2,1-3H3. The molecule has 0 bridgehead atoms. The van der Waals surface area contributed by atoms with Crippen LogP contribution in [0, 0.1) is 13.8 Å². The van der Waals surface area contributed by atoms with Gasteiger partial charge in [-0.25, -0.2) is 0 Å². The van der Waals surface area contributed by atoms with Gasteiger partial charge in [-0.05, 0) is 39.0 Å². The normalized spacial score (nSPS) is 11.7. The zero-order valence-corrected chi connectivity index (χ0v) is 11.5. The van der Waals surface area contributed by atoms with Gasteiger partial charge in [-0.2, -0.15) is 18.2 Å². The fourth-order valence-corrected chi connectivity index (χ4v) is 1.93. The summed E-state index contributed by atoms with van der Waals surface area (Å²) in [5, 5.41) is 0. The number of hydrogen-bond acceptors (Lipinski definition) is 2. The van der Waals surface area contributed by atoms with Crippen LogP contribution in [-0.2, 0) is 6.18 Å². The zero-order chi connectivity index (χ0) is 14.9. The van der Waals surface area contributed by atoms with E-state index in [2.05, 4.69) is 4.98 Å². The summed E-state index contributed by atoms with van der Waals surface area (Å²) in [6.07, 6.45) is -4.37. The molecule has 0 aliphatic carbocycles. The number of benzene rings is 1. The Morgan fingerprint density at radius 2 is 1.95 bits per heavy atom. The van der Waals surface area contributed by atoms with E-state index in [1.807, 2.05) is 0 Å². The van der Waals surface area contributed by atoms with Crippen molar-refractivity contribution in [1.29, 1.82) is 0 Å². The molecule has 2 rings (SSSR count). The minimum atomic E-state index is -4.37. The van der Waals surface area contributed by atoms with Crippen LogP contribution < -0.4 is 4.74 Å². The van der Waals surface area contributed by atoms with Crippen LogP contribution in [0.15, 0.2) is 24.3 Å². The SMILES string of the molecule is CCOc1nc(C)c(C)n1-c1cccc(C(F)(F)F)c1. The maximum Gasteiger partial charge on any atom is 0.416 e. The molecule has 0 aliphatic heterocycles. The lowest BCUT2D eigenvalue weighted by Crippen LogP contribution is -2.08. The zero-order valence-electron chi connectivity index (χ0n) is 11.5. The average Bonchev–Trinajstić information content (AvgIpc) is 2.65. The first kappa shape index (κ1) is 14.4. The van der Waals surface area contributed by atoms with Gasteiger partial charge in [0.2, 0.25) is 0 Å². The predicted molar refractivity (Wildman–Crippen MR) is 69.2 cm³/mol. The van der Waals surface area contributed by atoms with Gasteiger partial charge >= 0.3 is 12.2 Å². The number of rotatable bonds is 3. The Kier molecular flexibility index (Phi) is 3.74. The molecule has 0 atom stereocenters. The monoisotopic (exact) mass is 284 g/mol. The predicted octanol–water partition coefficient (Wildman–Crippen LogP) is 3.91. The number of aryl methyl sites for hydroxylation is 1. The van der Waals surface area contributed by atoms with Crippen molar-refractivity contribution in [3.63, 3.8) is 0 Å². The summed E-state index contributed by atoms with van der Waals surface area (Å²) in [6, 6.07) is 5.43. The van der Waals surface area contributed by atoms with E-state index in [9.17, 15) is 13.2 Å². The Labute approximate surface area is 115 Å². The molecule has 108 valence electrons. The van der Waals surface area contributed by atoms with Crippen LogP contribution in [-0.4, -0.2) is 16.2 Å². The molecular formula is C14H15F3N2O. The third-order valence-electron chi connectivity index (χ3n) is 3.02. The molecule has 20 heavy (non-hydrogen) atoms. The van der Waals surface area contributed by atoms with Gasteiger partial charge < -0.3 is 4.74 Å². The molecule has 1 aromatic carbocycles. The third kappa shape index (κ3) is 2.64. The van der Waals surface area contributed by atoms with Crippen molar-refractivity contribution in [1.82, 2.24) is 9.55 Å². The molecule has 0 unspecified atom stereocenters. The molecule has 0 N–H and O–H groups in total. The van der Waals surface area contributed by atoms with Crippen molar-refractivity contribution in [3.8, 4) is 11.7 Å². The minimum Gasteiger partial charge on any atom is -0.465 e. The smallest absolute Gasteiger partial charge is 0.416 e. The molecular weight excluding hydrogens is 269 g/mol. The number of hydrogen-bond donors (Lipinski definition) is 0. The van der Waals surface area contributed by atoms with Crippen molar-refractivity contribution in [2.75, 3.05) is 6.61 Å². The largest absolute Gasteiger partial charge is 0.465 e. The summed E-state index contributed by atoms with van der Waals surface area (Å²) in [6.45, 7) is 5.79. The van der Waals surface area contributed by atoms with Crippen LogP contribution in [0.25, 0.3) is 5.69 Å². The number of imidazole rings is 1. The average molecular weight is 284 g/mol. The molecule has 3 nitrogen and oxygen atoms in total. The lowest BCUT2D eigenvalue weighted by atomic mass is 10.2. The van der Waals surface area contributed by atoms with Crippen molar-refractivity contribution >= 4 is 0 Å². The number of halogens is 3. The number of aromatic nitrogens is 2. The fourth-order valence-electron chi connectivity index (χ4n) is 1.93. The highest BCUT2D eigenvalue weighted by Crippen LogP contribution is 2.32. The second-order valence-electron chi connectivity index (χ2n) is 4.38. The van der Waals surface area contributed by atoms with Gasteiger partial charge in [0.1, 0.15) is 0 Å². The fraction of sp³-hybridized carbons (Fsp3) is 0.357. The van der Waals surface area contributed by atoms with Crippen LogP contribution in [0.1, 0.15) is 23.9 Å². The van der Waals surface area contributed by atoms with Gasteiger partial charge in [0.15, 0.2) is 0 Å². The first-order chi connectivity index (χ1) is 9.34. The summed E-state index contributed by atoms with van der Waals surface area (Å²) in [4.78, 5) is 4.23. The van der Waals surface area contributed by atoms with Gasteiger partial charge in [-0.3, -0.25) is 4.57 Å². The summed E-state index contributed by atoms with van der Waals surface area (Å²) in [7, 11) is 0. The topological polar surface area (TPSA) is 27.1 Å². The van der Waals surface area contributed by atoms with Crippen LogP contribution in [0.5, 0.6) is 6.01 Å². The summed E-state index contributed by atoms with van der Waals surface area (Å²) in [5.74, 6) is 0. The molecule has 0 saturated heterocycles. The third-order valence-corrected chi connectivity index (χ3v) is 3.02. The molecule has 1 aromatic heterocycles. The Morgan fingerprint density at radius 1 is 1.25 bits per heavy atom. The van der Waals surface area contributed by atoms with Crippen LogP contribution in [0.2, 0.25) is 0 Å². The lowest BCUT2D eigenvalue weighted by molar-refractivity contribution is -0.137. The second-order valence-corrected chi connectivity index (χ2v) is 4.38. The highest BCUT2D eigenvalue weighted by molar-refractivity contribution is 5.42. The Balaban J connectivity index is 2.57. The number of nitrogens with zero attached hydrogens (tertiary/aromatic N) is 2. The lowest BCUT2D eigenvalue weighted by Gasteiger charge is -2.12. The van der Waals surface area contributed by atoms with Gasteiger partial charge in [0, 0.05) is 5.69 Å². The van der Waals surface area contributed by atoms with E-state index in [-0.39, 0.29) is 0 Å². The molecule has 0 spiro atoms. The quantitative estimate of drug-likeness (QED) is 0.854. The van der Waals surface area contributed by atoms with Crippen molar-refractivity contribution in [3.05, 3.63) is 41.2 Å². The van der Waals surface area contributed by atoms with E-state index in [0.29, 0.717) is 18.3 Å². The molecule has 0 fully saturated rings. The minimum absolute atomic E-state index is 0.307. The molecule has 0 aliphatic rings. The Morgan fingerprint density at radius 3 is 2.55 bits per heavy atom. The highest BCUT2D eigenvalue weighted by atomic mass is 19.4. The summed E-state index contributed by atoms with van der Waals surface area (Å²) >= 11 is 0. The molecule has 0 radical (unpaired) electrons. The second kappa shape index (κ2) is 5.19. The van der Waals surface area contributed by atoms with Crippen LogP contribution >= 0.6 is 0 Å². The maximum absolute atomic E-state index is 12.8. The van der Waals surface area contributed by atoms with Crippen molar-refractivity contribution in [2.45, 2.75) is 26.9 Å². The van der Waals surface area contributed by atoms with E-state index in [4.69, 9.17) is 4.74 Å². The van der Waals surface area contributed by atoms with E-state index < -0.39 is 11.7 Å². The number of alkyl halides is 3. The van der Waals surface area contributed by atoms with E-state index in [0.717, 1.165) is 23.5 Å². The molecule has 1 heterocycles. The highest BCUT2D eigenvalue weighted by Gasteiger charge is 2.30. The maximum atomic E-state index is 12.8. The molecule has 0 amide bonds. The van der Waals surface area contributed by atoms with Crippen molar-refractivity contribution < 1.29 is 17.9 Å².